The van der Waals surface area contributed by atoms with Crippen molar-refractivity contribution in [3.63, 3.8) is 0 Å². The molecule has 19 heavy (non-hydrogen) atoms. The summed E-state index contributed by atoms with van der Waals surface area (Å²) in [5.74, 6) is 4.61. The first-order chi connectivity index (χ1) is 8.81. The number of benzene rings is 1. The van der Waals surface area contributed by atoms with Crippen LogP contribution in [0.5, 0.6) is 0 Å². The van der Waals surface area contributed by atoms with Crippen molar-refractivity contribution in [1.82, 2.24) is 10.3 Å². The van der Waals surface area contributed by atoms with Crippen LogP contribution < -0.4 is 11.3 Å². The van der Waals surface area contributed by atoms with E-state index in [2.05, 4.69) is 0 Å². The maximum atomic E-state index is 12.3. The molecular weight excluding hydrogens is 259 g/mol. The summed E-state index contributed by atoms with van der Waals surface area (Å²) in [4.78, 5) is 12.4. The number of halogens is 3. The lowest BCUT2D eigenvalue weighted by atomic mass is 10.0. The Hall–Kier alpha value is -1.60. The lowest BCUT2D eigenvalue weighted by Gasteiger charge is -2.20. The molecule has 0 saturated heterocycles. The van der Waals surface area contributed by atoms with Crippen molar-refractivity contribution in [2.45, 2.75) is 19.1 Å². The second-order valence-corrected chi connectivity index (χ2v) is 4.30. The quantitative estimate of drug-likeness (QED) is 0.482. The summed E-state index contributed by atoms with van der Waals surface area (Å²) in [6.45, 7) is -0.877. The van der Waals surface area contributed by atoms with Gasteiger partial charge >= 0.3 is 6.18 Å². The predicted molar refractivity (Wildman–Crippen MR) is 64.9 cm³/mol. The van der Waals surface area contributed by atoms with Crippen LogP contribution in [0.25, 0.3) is 0 Å². The molecule has 7 heteroatoms. The second-order valence-electron chi connectivity index (χ2n) is 4.30. The third-order valence-electron chi connectivity index (χ3n) is 2.52. The third-order valence-corrected chi connectivity index (χ3v) is 2.52. The van der Waals surface area contributed by atoms with Crippen molar-refractivity contribution in [3.05, 3.63) is 35.4 Å². The number of nitrogens with zero attached hydrogens (tertiary/aromatic N) is 1. The number of nitrogens with two attached hydrogens (primary N) is 1. The minimum absolute atomic E-state index is 0.0481. The zero-order valence-electron chi connectivity index (χ0n) is 10.5. The van der Waals surface area contributed by atoms with Gasteiger partial charge in [0, 0.05) is 6.54 Å². The van der Waals surface area contributed by atoms with Gasteiger partial charge in [-0.25, -0.2) is 5.84 Å². The fraction of sp³-hybridized carbons (Fsp3) is 0.417. The van der Waals surface area contributed by atoms with Gasteiger partial charge in [-0.05, 0) is 18.2 Å². The van der Waals surface area contributed by atoms with Crippen molar-refractivity contribution in [1.29, 1.82) is 0 Å². The van der Waals surface area contributed by atoms with Gasteiger partial charge in [-0.3, -0.25) is 15.1 Å². The van der Waals surface area contributed by atoms with Crippen LogP contribution in [0, 0.1) is 0 Å². The molecule has 1 amide bonds. The van der Waals surface area contributed by atoms with E-state index in [0.29, 0.717) is 11.1 Å². The number of hydrogen-bond donors (Lipinski definition) is 2. The monoisotopic (exact) mass is 275 g/mol. The first-order valence-corrected chi connectivity index (χ1v) is 5.63. The highest BCUT2D eigenvalue weighted by atomic mass is 19.4. The van der Waals surface area contributed by atoms with Gasteiger partial charge in [-0.15, -0.1) is 0 Å². The molecule has 0 spiro atoms. The van der Waals surface area contributed by atoms with E-state index in [1.165, 1.54) is 7.05 Å². The summed E-state index contributed by atoms with van der Waals surface area (Å²) in [5, 5.41) is 0. The Kier molecular flexibility index (Phi) is 5.31. The molecule has 0 aliphatic rings. The normalized spacial score (nSPS) is 11.7. The number of carbonyl (C=O) groups excluding carboxylic acids is 1. The molecule has 0 atom stereocenters. The number of amides is 1. The number of hydrogen-bond acceptors (Lipinski definition) is 3. The lowest BCUT2D eigenvalue weighted by Crippen LogP contribution is -2.33. The summed E-state index contributed by atoms with van der Waals surface area (Å²) in [7, 11) is 1.38. The van der Waals surface area contributed by atoms with Crippen molar-refractivity contribution in [2.75, 3.05) is 13.6 Å². The fourth-order valence-corrected chi connectivity index (χ4v) is 1.76. The highest BCUT2D eigenvalue weighted by molar-refractivity contribution is 5.78. The molecule has 0 radical (unpaired) electrons. The molecule has 3 N–H and O–H groups in total. The van der Waals surface area contributed by atoms with E-state index in [4.69, 9.17) is 5.84 Å². The van der Waals surface area contributed by atoms with E-state index in [9.17, 15) is 18.0 Å². The Morgan fingerprint density at radius 3 is 2.42 bits per heavy atom. The molecule has 0 fully saturated rings. The number of carbonyl (C=O) groups is 1. The molecule has 0 aromatic heterocycles. The van der Waals surface area contributed by atoms with Gasteiger partial charge in [0.05, 0.1) is 13.0 Å². The summed E-state index contributed by atoms with van der Waals surface area (Å²) < 4.78 is 36.8. The number of rotatable bonds is 5. The smallest absolute Gasteiger partial charge is 0.294 e. The average molecular weight is 275 g/mol. The van der Waals surface area contributed by atoms with Gasteiger partial charge in [0.15, 0.2) is 0 Å². The van der Waals surface area contributed by atoms with Crippen molar-refractivity contribution >= 4 is 5.91 Å². The van der Waals surface area contributed by atoms with Crippen LogP contribution in [-0.4, -0.2) is 30.6 Å². The van der Waals surface area contributed by atoms with E-state index in [1.54, 1.807) is 24.3 Å². The highest BCUT2D eigenvalue weighted by Crippen LogP contribution is 2.18. The Morgan fingerprint density at radius 1 is 1.32 bits per heavy atom. The second kappa shape index (κ2) is 6.53. The molecule has 1 aromatic carbocycles. The number of hydrazine groups is 1. The maximum absolute atomic E-state index is 12.3. The van der Waals surface area contributed by atoms with Gasteiger partial charge in [0.2, 0.25) is 5.91 Å². The topological polar surface area (TPSA) is 58.4 Å². The molecule has 0 unspecified atom stereocenters. The van der Waals surface area contributed by atoms with Gasteiger partial charge in [-0.1, -0.05) is 24.3 Å². The first kappa shape index (κ1) is 15.5. The van der Waals surface area contributed by atoms with Crippen LogP contribution in [-0.2, 0) is 17.8 Å². The van der Waals surface area contributed by atoms with E-state index >= 15 is 0 Å². The lowest BCUT2D eigenvalue weighted by molar-refractivity contribution is -0.144. The van der Waals surface area contributed by atoms with Crippen LogP contribution >= 0.6 is 0 Å². The largest absolute Gasteiger partial charge is 0.401 e. The summed E-state index contributed by atoms with van der Waals surface area (Å²) >= 11 is 0. The molecule has 0 aliphatic heterocycles. The third kappa shape index (κ3) is 5.71. The molecular formula is C12H16F3N3O. The van der Waals surface area contributed by atoms with Crippen molar-refractivity contribution < 1.29 is 18.0 Å². The van der Waals surface area contributed by atoms with Gasteiger partial charge in [0.25, 0.3) is 0 Å². The van der Waals surface area contributed by atoms with E-state index in [1.807, 2.05) is 5.43 Å². The van der Waals surface area contributed by atoms with Gasteiger partial charge < -0.3 is 0 Å². The van der Waals surface area contributed by atoms with E-state index < -0.39 is 12.7 Å². The van der Waals surface area contributed by atoms with E-state index in [0.717, 1.165) is 4.90 Å². The van der Waals surface area contributed by atoms with Crippen molar-refractivity contribution in [3.8, 4) is 0 Å². The highest BCUT2D eigenvalue weighted by Gasteiger charge is 2.29. The molecule has 1 aromatic rings. The molecule has 1 rings (SSSR count). The summed E-state index contributed by atoms with van der Waals surface area (Å²) in [5.41, 5.74) is 3.34. The molecule has 4 nitrogen and oxygen atoms in total. The first-order valence-electron chi connectivity index (χ1n) is 5.63. The van der Waals surface area contributed by atoms with E-state index in [-0.39, 0.29) is 18.9 Å². The molecule has 0 bridgehead atoms. The van der Waals surface area contributed by atoms with Crippen LogP contribution in [0.4, 0.5) is 13.2 Å². The van der Waals surface area contributed by atoms with Crippen LogP contribution in [0.2, 0.25) is 0 Å². The van der Waals surface area contributed by atoms with Crippen LogP contribution in [0.3, 0.4) is 0 Å². The SMILES string of the molecule is CN(Cc1ccccc1CC(=O)NN)CC(F)(F)F. The molecule has 106 valence electrons. The Bertz CT molecular complexity index is 434. The Morgan fingerprint density at radius 2 is 1.89 bits per heavy atom. The zero-order chi connectivity index (χ0) is 14.5. The summed E-state index contributed by atoms with van der Waals surface area (Å²) in [6.07, 6.45) is -4.19. The molecule has 0 aliphatic carbocycles. The predicted octanol–water partition coefficient (Wildman–Crippen LogP) is 1.21. The standard InChI is InChI=1S/C12H16F3N3O/c1-18(8-12(13,14)15)7-10-5-3-2-4-9(10)6-11(19)17-16/h2-5H,6-8,16H2,1H3,(H,17,19). The molecule has 0 heterocycles. The Labute approximate surface area is 109 Å². The number of alkyl halides is 3. The van der Waals surface area contributed by atoms with Gasteiger partial charge in [0.1, 0.15) is 0 Å². The van der Waals surface area contributed by atoms with Crippen molar-refractivity contribution in [2.24, 2.45) is 5.84 Å². The van der Waals surface area contributed by atoms with Gasteiger partial charge in [-0.2, -0.15) is 13.2 Å². The zero-order valence-corrected chi connectivity index (χ0v) is 10.5. The average Bonchev–Trinajstić information content (AvgIpc) is 2.29. The molecule has 0 saturated carbocycles. The maximum Gasteiger partial charge on any atom is 0.401 e. The van der Waals surface area contributed by atoms with Crippen LogP contribution in [0.1, 0.15) is 11.1 Å². The van der Waals surface area contributed by atoms with Crippen LogP contribution in [0.15, 0.2) is 24.3 Å². The minimum atomic E-state index is -4.24. The number of nitrogens with one attached hydrogen (secondary N) is 1. The Balaban J connectivity index is 2.75. The fourth-order valence-electron chi connectivity index (χ4n) is 1.76. The minimum Gasteiger partial charge on any atom is -0.294 e. The summed E-state index contributed by atoms with van der Waals surface area (Å²) in [6, 6.07) is 6.85.